The van der Waals surface area contributed by atoms with E-state index in [1.807, 2.05) is 35.1 Å². The molecule has 0 aliphatic rings. The molecular weight excluding hydrogens is 356 g/mol. The molecule has 0 bridgehead atoms. The molecule has 25 heavy (non-hydrogen) atoms. The third-order valence-corrected chi connectivity index (χ3v) is 5.44. The topological polar surface area (TPSA) is 60.7 Å². The second-order valence-corrected chi connectivity index (χ2v) is 7.09. The quantitative estimate of drug-likeness (QED) is 0.518. The molecule has 1 amide bonds. The zero-order chi connectivity index (χ0) is 17.8. The lowest BCUT2D eigenvalue weighted by atomic mass is 10.2. The molecule has 5 nitrogen and oxygen atoms in total. The minimum absolute atomic E-state index is 0.310. The molecule has 7 heteroatoms. The summed E-state index contributed by atoms with van der Waals surface area (Å²) in [5.74, 6) is -0.692. The van der Waals surface area contributed by atoms with Crippen LogP contribution in [0.1, 0.15) is 22.2 Å². The number of benzene rings is 1. The van der Waals surface area contributed by atoms with Crippen LogP contribution < -0.4 is 4.80 Å². The van der Waals surface area contributed by atoms with Crippen molar-refractivity contribution < 1.29 is 14.3 Å². The van der Waals surface area contributed by atoms with Gasteiger partial charge in [0.1, 0.15) is 0 Å². The Morgan fingerprint density at radius 1 is 1.32 bits per heavy atom. The Bertz CT molecular complexity index is 1010. The number of thiophene rings is 1. The summed E-state index contributed by atoms with van der Waals surface area (Å²) < 4.78 is 7.60. The Labute approximate surface area is 152 Å². The maximum atomic E-state index is 12.1. The Kier molecular flexibility index (Phi) is 5.25. The van der Waals surface area contributed by atoms with E-state index < -0.39 is 0 Å². The van der Waals surface area contributed by atoms with E-state index in [9.17, 15) is 9.59 Å². The largest absolute Gasteiger partial charge is 0.465 e. The van der Waals surface area contributed by atoms with Gasteiger partial charge in [-0.25, -0.2) is 4.79 Å². The highest BCUT2D eigenvalue weighted by Crippen LogP contribution is 2.20. The number of thiazole rings is 1. The molecule has 0 spiro atoms. The van der Waals surface area contributed by atoms with Crippen molar-refractivity contribution >= 4 is 50.8 Å². The fourth-order valence-corrected chi connectivity index (χ4v) is 4.14. The fourth-order valence-electron chi connectivity index (χ4n) is 2.38. The molecule has 0 atom stereocenters. The van der Waals surface area contributed by atoms with E-state index in [0.29, 0.717) is 16.9 Å². The predicted octanol–water partition coefficient (Wildman–Crippen LogP) is 3.71. The van der Waals surface area contributed by atoms with Crippen molar-refractivity contribution in [2.75, 3.05) is 7.11 Å². The van der Waals surface area contributed by atoms with E-state index in [1.165, 1.54) is 24.5 Å². The lowest BCUT2D eigenvalue weighted by Crippen LogP contribution is -2.15. The van der Waals surface area contributed by atoms with E-state index in [4.69, 9.17) is 4.74 Å². The summed E-state index contributed by atoms with van der Waals surface area (Å²) in [7, 11) is 1.35. The van der Waals surface area contributed by atoms with Crippen LogP contribution in [-0.2, 0) is 16.1 Å². The van der Waals surface area contributed by atoms with E-state index in [0.717, 1.165) is 15.1 Å². The average Bonchev–Trinajstić information content (AvgIpc) is 3.25. The van der Waals surface area contributed by atoms with Crippen molar-refractivity contribution in [3.05, 3.63) is 57.0 Å². The first-order valence-corrected chi connectivity index (χ1v) is 9.34. The third kappa shape index (κ3) is 3.78. The number of hydrogen-bond acceptors (Lipinski definition) is 5. The van der Waals surface area contributed by atoms with Gasteiger partial charge in [-0.15, -0.1) is 11.3 Å². The summed E-state index contributed by atoms with van der Waals surface area (Å²) >= 11 is 2.94. The van der Waals surface area contributed by atoms with Gasteiger partial charge in [-0.2, -0.15) is 4.99 Å². The fraction of sp³-hybridized carbons (Fsp3) is 0.167. The molecular formula is C18H16N2O3S2. The second-order valence-electron chi connectivity index (χ2n) is 5.10. The molecule has 2 aromatic heterocycles. The second kappa shape index (κ2) is 7.58. The number of esters is 1. The van der Waals surface area contributed by atoms with E-state index >= 15 is 0 Å². The molecule has 1 aromatic carbocycles. The third-order valence-electron chi connectivity index (χ3n) is 3.56. The number of aromatic nitrogens is 1. The maximum absolute atomic E-state index is 12.1. The van der Waals surface area contributed by atoms with Gasteiger partial charge < -0.3 is 9.30 Å². The summed E-state index contributed by atoms with van der Waals surface area (Å²) in [5, 5.41) is 1.96. The van der Waals surface area contributed by atoms with Crippen molar-refractivity contribution in [1.29, 1.82) is 0 Å². The number of carbonyl (C=O) groups is 2. The summed E-state index contributed by atoms with van der Waals surface area (Å²) in [6, 6.07) is 9.21. The molecule has 2 heterocycles. The monoisotopic (exact) mass is 372 g/mol. The zero-order valence-corrected chi connectivity index (χ0v) is 15.4. The van der Waals surface area contributed by atoms with Gasteiger partial charge >= 0.3 is 5.97 Å². The van der Waals surface area contributed by atoms with Crippen molar-refractivity contribution in [1.82, 2.24) is 4.57 Å². The van der Waals surface area contributed by atoms with Gasteiger partial charge in [-0.05, 0) is 42.6 Å². The van der Waals surface area contributed by atoms with Gasteiger partial charge in [0.2, 0.25) is 0 Å². The highest BCUT2D eigenvalue weighted by molar-refractivity contribution is 7.16. The molecule has 0 saturated carbocycles. The van der Waals surface area contributed by atoms with Gasteiger partial charge in [0.25, 0.3) is 5.91 Å². The van der Waals surface area contributed by atoms with Crippen molar-refractivity contribution in [3.8, 4) is 0 Å². The van der Waals surface area contributed by atoms with Crippen molar-refractivity contribution in [3.63, 3.8) is 0 Å². The van der Waals surface area contributed by atoms with Crippen LogP contribution in [0.5, 0.6) is 0 Å². The normalized spacial score (nSPS) is 12.2. The summed E-state index contributed by atoms with van der Waals surface area (Å²) in [5.41, 5.74) is 1.42. The lowest BCUT2D eigenvalue weighted by molar-refractivity contribution is -0.113. The number of carbonyl (C=O) groups excluding carboxylic acids is 2. The smallest absolute Gasteiger partial charge is 0.337 e. The number of nitrogens with zero attached hydrogens (tertiary/aromatic N) is 2. The molecule has 0 unspecified atom stereocenters. The molecule has 128 valence electrons. The van der Waals surface area contributed by atoms with Crippen molar-refractivity contribution in [2.24, 2.45) is 4.99 Å². The number of rotatable bonds is 4. The maximum Gasteiger partial charge on any atom is 0.337 e. The Hall–Kier alpha value is -2.51. The van der Waals surface area contributed by atoms with Gasteiger partial charge in [0.05, 0.1) is 22.9 Å². The van der Waals surface area contributed by atoms with Gasteiger partial charge in [-0.3, -0.25) is 4.79 Å². The number of methoxy groups -OCH3 is 1. The molecule has 0 aliphatic heterocycles. The SMILES string of the molecule is CCn1c(=NC(=O)C=Cc2cccs2)sc2cc(C(=O)OC)ccc21. The van der Waals surface area contributed by atoms with Crippen LogP contribution in [-0.4, -0.2) is 23.6 Å². The number of amides is 1. The van der Waals surface area contributed by atoms with E-state index in [1.54, 1.807) is 29.5 Å². The minimum Gasteiger partial charge on any atom is -0.465 e. The first-order chi connectivity index (χ1) is 12.1. The summed E-state index contributed by atoms with van der Waals surface area (Å²) in [6.45, 7) is 2.67. The molecule has 3 rings (SSSR count). The van der Waals surface area contributed by atoms with Crippen LogP contribution in [0.3, 0.4) is 0 Å². The summed E-state index contributed by atoms with van der Waals surface area (Å²) in [4.78, 5) is 29.7. The standard InChI is InChI=1S/C18H16N2O3S2/c1-3-20-14-8-6-12(17(22)23-2)11-15(14)25-18(20)19-16(21)9-7-13-5-4-10-24-13/h4-11H,3H2,1-2H3. The van der Waals surface area contributed by atoms with Crippen LogP contribution in [0.15, 0.2) is 46.8 Å². The van der Waals surface area contributed by atoms with Gasteiger partial charge in [-0.1, -0.05) is 17.4 Å². The first-order valence-electron chi connectivity index (χ1n) is 7.64. The van der Waals surface area contributed by atoms with Gasteiger partial charge in [0, 0.05) is 17.5 Å². The summed E-state index contributed by atoms with van der Waals surface area (Å²) in [6.07, 6.45) is 3.23. The number of hydrogen-bond donors (Lipinski definition) is 0. The van der Waals surface area contributed by atoms with Crippen LogP contribution in [0, 0.1) is 0 Å². The first kappa shape index (κ1) is 17.3. The molecule has 0 saturated heterocycles. The van der Waals surface area contributed by atoms with Crippen LogP contribution in [0.25, 0.3) is 16.3 Å². The average molecular weight is 372 g/mol. The van der Waals surface area contributed by atoms with Crippen molar-refractivity contribution in [2.45, 2.75) is 13.5 Å². The molecule has 0 radical (unpaired) electrons. The van der Waals surface area contributed by atoms with Gasteiger partial charge in [0.15, 0.2) is 4.80 Å². The highest BCUT2D eigenvalue weighted by Gasteiger charge is 2.10. The lowest BCUT2D eigenvalue weighted by Gasteiger charge is -2.01. The van der Waals surface area contributed by atoms with E-state index in [-0.39, 0.29) is 11.9 Å². The highest BCUT2D eigenvalue weighted by atomic mass is 32.1. The number of fused-ring (bicyclic) bond motifs is 1. The molecule has 0 aliphatic carbocycles. The Balaban J connectivity index is 1.99. The minimum atomic E-state index is -0.383. The Morgan fingerprint density at radius 3 is 2.84 bits per heavy atom. The number of aryl methyl sites for hydroxylation is 1. The number of ether oxygens (including phenoxy) is 1. The van der Waals surface area contributed by atoms with E-state index in [2.05, 4.69) is 4.99 Å². The predicted molar refractivity (Wildman–Crippen MR) is 101 cm³/mol. The molecule has 3 aromatic rings. The van der Waals surface area contributed by atoms with Crippen LogP contribution in [0.2, 0.25) is 0 Å². The van der Waals surface area contributed by atoms with Crippen LogP contribution >= 0.6 is 22.7 Å². The molecule has 0 fully saturated rings. The Morgan fingerprint density at radius 2 is 2.16 bits per heavy atom. The zero-order valence-electron chi connectivity index (χ0n) is 13.8. The molecule has 0 N–H and O–H groups in total. The van der Waals surface area contributed by atoms with Crippen LogP contribution in [0.4, 0.5) is 0 Å².